The lowest BCUT2D eigenvalue weighted by Gasteiger charge is -2.19. The smallest absolute Gasteiger partial charge is 0.250 e. The van der Waals surface area contributed by atoms with Crippen molar-refractivity contribution >= 4 is 27.5 Å². The second-order valence-corrected chi connectivity index (χ2v) is 5.71. The summed E-state index contributed by atoms with van der Waals surface area (Å²) in [5, 5.41) is 2.76. The summed E-state index contributed by atoms with van der Waals surface area (Å²) in [7, 11) is 1.56. The summed E-state index contributed by atoms with van der Waals surface area (Å²) < 4.78 is 11.4. The molecule has 5 heteroatoms. The molecule has 0 saturated carbocycles. The molecule has 1 aromatic rings. The molecule has 0 bridgehead atoms. The average molecular weight is 316 g/mol. The van der Waals surface area contributed by atoms with E-state index in [-0.39, 0.29) is 18.1 Å². The number of halogens is 1. The second-order valence-electron chi connectivity index (χ2n) is 4.79. The summed E-state index contributed by atoms with van der Waals surface area (Å²) in [5.41, 5.74) is 0.285. The van der Waals surface area contributed by atoms with Crippen molar-refractivity contribution < 1.29 is 14.3 Å². The fourth-order valence-electron chi connectivity index (χ4n) is 1.25. The molecule has 0 spiro atoms. The van der Waals surface area contributed by atoms with E-state index in [2.05, 4.69) is 21.2 Å². The van der Waals surface area contributed by atoms with E-state index in [4.69, 9.17) is 9.47 Å². The molecule has 0 unspecified atom stereocenters. The van der Waals surface area contributed by atoms with Crippen molar-refractivity contribution in [3.63, 3.8) is 0 Å². The Morgan fingerprint density at radius 3 is 2.61 bits per heavy atom. The van der Waals surface area contributed by atoms with Crippen LogP contribution in [0.4, 0.5) is 5.69 Å². The van der Waals surface area contributed by atoms with Crippen LogP contribution in [0.1, 0.15) is 20.8 Å². The first-order chi connectivity index (χ1) is 8.31. The van der Waals surface area contributed by atoms with E-state index in [1.807, 2.05) is 26.8 Å². The zero-order valence-electron chi connectivity index (χ0n) is 11.0. The highest BCUT2D eigenvalue weighted by Crippen LogP contribution is 2.27. The number of carbonyl (C=O) groups excluding carboxylic acids is 1. The van der Waals surface area contributed by atoms with Gasteiger partial charge < -0.3 is 14.8 Å². The normalized spacial score (nSPS) is 11.2. The van der Waals surface area contributed by atoms with Gasteiger partial charge in [-0.1, -0.05) is 15.9 Å². The SMILES string of the molecule is COc1ccc(Br)cc1NC(=O)COC(C)(C)C. The van der Waals surface area contributed by atoms with Gasteiger partial charge in [-0.2, -0.15) is 0 Å². The number of amides is 1. The molecule has 0 atom stereocenters. The van der Waals surface area contributed by atoms with Crippen molar-refractivity contribution in [2.45, 2.75) is 26.4 Å². The first kappa shape index (κ1) is 15.0. The van der Waals surface area contributed by atoms with Gasteiger partial charge in [0.2, 0.25) is 5.91 Å². The average Bonchev–Trinajstić information content (AvgIpc) is 2.26. The predicted molar refractivity (Wildman–Crippen MR) is 75.0 cm³/mol. The fraction of sp³-hybridized carbons (Fsp3) is 0.462. The number of hydrogen-bond donors (Lipinski definition) is 1. The van der Waals surface area contributed by atoms with Crippen LogP contribution in [0.15, 0.2) is 22.7 Å². The molecule has 0 aliphatic rings. The molecule has 0 fully saturated rings. The lowest BCUT2D eigenvalue weighted by atomic mass is 10.2. The van der Waals surface area contributed by atoms with E-state index in [9.17, 15) is 4.79 Å². The highest BCUT2D eigenvalue weighted by atomic mass is 79.9. The molecule has 0 saturated heterocycles. The number of ether oxygens (including phenoxy) is 2. The van der Waals surface area contributed by atoms with Gasteiger partial charge in [-0.05, 0) is 39.0 Å². The largest absolute Gasteiger partial charge is 0.495 e. The third-order valence-corrected chi connectivity index (χ3v) is 2.57. The second kappa shape index (κ2) is 6.20. The number of methoxy groups -OCH3 is 1. The molecule has 1 rings (SSSR count). The van der Waals surface area contributed by atoms with Gasteiger partial charge in [0.1, 0.15) is 12.4 Å². The molecule has 18 heavy (non-hydrogen) atoms. The molecule has 0 heterocycles. The Morgan fingerprint density at radius 2 is 2.06 bits per heavy atom. The van der Waals surface area contributed by atoms with Gasteiger partial charge in [0.25, 0.3) is 0 Å². The van der Waals surface area contributed by atoms with Crippen molar-refractivity contribution in [3.8, 4) is 5.75 Å². The summed E-state index contributed by atoms with van der Waals surface area (Å²) in [6.45, 7) is 5.72. The molecular formula is C13H18BrNO3. The summed E-state index contributed by atoms with van der Waals surface area (Å²) in [6, 6.07) is 5.41. The van der Waals surface area contributed by atoms with Crippen molar-refractivity contribution in [1.29, 1.82) is 0 Å². The minimum atomic E-state index is -0.335. The van der Waals surface area contributed by atoms with Crippen LogP contribution in [0.2, 0.25) is 0 Å². The van der Waals surface area contributed by atoms with E-state index < -0.39 is 0 Å². The first-order valence-corrected chi connectivity index (χ1v) is 6.38. The fourth-order valence-corrected chi connectivity index (χ4v) is 1.61. The number of hydrogen-bond acceptors (Lipinski definition) is 3. The molecule has 1 aromatic carbocycles. The van der Waals surface area contributed by atoms with Crippen molar-refractivity contribution in [3.05, 3.63) is 22.7 Å². The molecule has 0 aliphatic carbocycles. The molecule has 0 radical (unpaired) electrons. The standard InChI is InChI=1S/C13H18BrNO3/c1-13(2,3)18-8-12(16)15-10-7-9(14)5-6-11(10)17-4/h5-7H,8H2,1-4H3,(H,15,16). The van der Waals surface area contributed by atoms with Crippen LogP contribution in [0.3, 0.4) is 0 Å². The zero-order chi connectivity index (χ0) is 13.8. The number of rotatable bonds is 4. The number of nitrogens with one attached hydrogen (secondary N) is 1. The third-order valence-electron chi connectivity index (χ3n) is 2.07. The Balaban J connectivity index is 2.66. The van der Waals surface area contributed by atoms with E-state index >= 15 is 0 Å². The Labute approximate surface area is 116 Å². The third kappa shape index (κ3) is 5.06. The Bertz CT molecular complexity index is 427. The maximum absolute atomic E-state index is 11.7. The van der Waals surface area contributed by atoms with Gasteiger partial charge in [-0.15, -0.1) is 0 Å². The van der Waals surface area contributed by atoms with Crippen LogP contribution in [-0.2, 0) is 9.53 Å². The maximum Gasteiger partial charge on any atom is 0.250 e. The van der Waals surface area contributed by atoms with Crippen molar-refractivity contribution in [2.75, 3.05) is 19.0 Å². The zero-order valence-corrected chi connectivity index (χ0v) is 12.6. The minimum Gasteiger partial charge on any atom is -0.495 e. The van der Waals surface area contributed by atoms with Crippen LogP contribution >= 0.6 is 15.9 Å². The summed E-state index contributed by atoms with van der Waals surface area (Å²) in [6.07, 6.45) is 0. The molecule has 4 nitrogen and oxygen atoms in total. The van der Waals surface area contributed by atoms with Crippen LogP contribution in [0.25, 0.3) is 0 Å². The van der Waals surface area contributed by atoms with E-state index in [0.29, 0.717) is 11.4 Å². The van der Waals surface area contributed by atoms with Crippen molar-refractivity contribution in [2.24, 2.45) is 0 Å². The van der Waals surface area contributed by atoms with Gasteiger partial charge in [0, 0.05) is 4.47 Å². The van der Waals surface area contributed by atoms with E-state index in [1.54, 1.807) is 19.2 Å². The number of benzene rings is 1. The monoisotopic (exact) mass is 315 g/mol. The summed E-state index contributed by atoms with van der Waals surface area (Å²) >= 11 is 3.35. The van der Waals surface area contributed by atoms with Gasteiger partial charge >= 0.3 is 0 Å². The van der Waals surface area contributed by atoms with Crippen LogP contribution < -0.4 is 10.1 Å². The number of anilines is 1. The van der Waals surface area contributed by atoms with E-state index in [1.165, 1.54) is 0 Å². The Hall–Kier alpha value is -1.07. The molecule has 100 valence electrons. The summed E-state index contributed by atoms with van der Waals surface area (Å²) in [4.78, 5) is 11.7. The Kier molecular flexibility index (Phi) is 5.16. The van der Waals surface area contributed by atoms with Crippen LogP contribution in [-0.4, -0.2) is 25.2 Å². The molecule has 0 aromatic heterocycles. The topological polar surface area (TPSA) is 47.6 Å². The van der Waals surface area contributed by atoms with Crippen molar-refractivity contribution in [1.82, 2.24) is 0 Å². The molecule has 0 aliphatic heterocycles. The quantitative estimate of drug-likeness (QED) is 0.928. The minimum absolute atomic E-state index is 0.0131. The van der Waals surface area contributed by atoms with Gasteiger partial charge in [-0.3, -0.25) is 4.79 Å². The van der Waals surface area contributed by atoms with Crippen LogP contribution in [0, 0.1) is 0 Å². The predicted octanol–water partition coefficient (Wildman–Crippen LogP) is 3.21. The molecule has 1 N–H and O–H groups in total. The lowest BCUT2D eigenvalue weighted by molar-refractivity contribution is -0.125. The van der Waals surface area contributed by atoms with Gasteiger partial charge in [0.15, 0.2) is 0 Å². The number of carbonyl (C=O) groups is 1. The highest BCUT2D eigenvalue weighted by Gasteiger charge is 2.14. The van der Waals surface area contributed by atoms with E-state index in [0.717, 1.165) is 4.47 Å². The molecular weight excluding hydrogens is 298 g/mol. The van der Waals surface area contributed by atoms with Gasteiger partial charge in [-0.25, -0.2) is 0 Å². The lowest BCUT2D eigenvalue weighted by Crippen LogP contribution is -2.27. The van der Waals surface area contributed by atoms with Gasteiger partial charge in [0.05, 0.1) is 18.4 Å². The maximum atomic E-state index is 11.7. The van der Waals surface area contributed by atoms with Crippen LogP contribution in [0.5, 0.6) is 5.75 Å². The molecule has 1 amide bonds. The Morgan fingerprint density at radius 1 is 1.39 bits per heavy atom. The summed E-state index contributed by atoms with van der Waals surface area (Å²) in [5.74, 6) is 0.406. The first-order valence-electron chi connectivity index (χ1n) is 5.59. The highest BCUT2D eigenvalue weighted by molar-refractivity contribution is 9.10.